The number of likely N-dealkylation sites (tertiary alicyclic amines) is 1. The van der Waals surface area contributed by atoms with Crippen LogP contribution in [0.5, 0.6) is 0 Å². The van der Waals surface area contributed by atoms with E-state index in [2.05, 4.69) is 20.7 Å². The number of methoxy groups -OCH3 is 1. The second-order valence-electron chi connectivity index (χ2n) is 8.62. The van der Waals surface area contributed by atoms with Crippen LogP contribution in [0.3, 0.4) is 0 Å². The second kappa shape index (κ2) is 13.9. The maximum absolute atomic E-state index is 13.0. The minimum atomic E-state index is -1.73. The van der Waals surface area contributed by atoms with Crippen molar-refractivity contribution >= 4 is 36.7 Å². The highest BCUT2D eigenvalue weighted by Crippen LogP contribution is 2.20. The predicted octanol–water partition coefficient (Wildman–Crippen LogP) is -1.52. The Hall–Kier alpha value is -2.67. The fourth-order valence-corrected chi connectivity index (χ4v) is 3.67. The lowest BCUT2D eigenvalue weighted by Gasteiger charge is -2.30. The molecule has 1 saturated heterocycles. The number of rotatable bonds is 12. The standard InChI is InChI=1S/C21H37BN4O8/c1-6-12(2)18(22(32)33)25-20(30)15-8-7-11-26(15)21(31)14(4)24-19(29)13(3)23-16(27)9-10-17(28)34-5/h12-15,18,32-33H,6-11H2,1-5H3,(H,23,27)(H,24,29)(H,25,30). The Morgan fingerprint density at radius 2 is 1.68 bits per heavy atom. The molecule has 0 bridgehead atoms. The van der Waals surface area contributed by atoms with E-state index in [0.29, 0.717) is 25.8 Å². The van der Waals surface area contributed by atoms with E-state index in [1.807, 2.05) is 6.92 Å². The Kier molecular flexibility index (Phi) is 12.0. The number of carbonyl (C=O) groups excluding carboxylic acids is 5. The van der Waals surface area contributed by atoms with Crippen LogP contribution in [0, 0.1) is 5.92 Å². The number of hydrogen-bond acceptors (Lipinski definition) is 8. The summed E-state index contributed by atoms with van der Waals surface area (Å²) in [4.78, 5) is 62.6. The predicted molar refractivity (Wildman–Crippen MR) is 123 cm³/mol. The zero-order chi connectivity index (χ0) is 26.0. The van der Waals surface area contributed by atoms with Gasteiger partial charge in [-0.3, -0.25) is 24.0 Å². The Morgan fingerprint density at radius 1 is 1.03 bits per heavy atom. The van der Waals surface area contributed by atoms with E-state index in [-0.39, 0.29) is 18.8 Å². The Morgan fingerprint density at radius 3 is 2.24 bits per heavy atom. The van der Waals surface area contributed by atoms with E-state index in [1.165, 1.54) is 25.9 Å². The third kappa shape index (κ3) is 8.60. The average Bonchev–Trinajstić information content (AvgIpc) is 3.29. The summed E-state index contributed by atoms with van der Waals surface area (Å²) >= 11 is 0. The summed E-state index contributed by atoms with van der Waals surface area (Å²) in [6.45, 7) is 6.91. The number of carbonyl (C=O) groups is 5. The summed E-state index contributed by atoms with van der Waals surface area (Å²) in [6.07, 6.45) is 1.38. The van der Waals surface area contributed by atoms with Gasteiger partial charge in [0.1, 0.15) is 18.1 Å². The molecule has 1 aliphatic rings. The second-order valence-corrected chi connectivity index (χ2v) is 8.62. The maximum Gasteiger partial charge on any atom is 0.475 e. The molecule has 1 rings (SSSR count). The van der Waals surface area contributed by atoms with Crippen LogP contribution in [0.4, 0.5) is 0 Å². The van der Waals surface area contributed by atoms with E-state index in [4.69, 9.17) is 0 Å². The van der Waals surface area contributed by atoms with Crippen LogP contribution in [0.2, 0.25) is 0 Å². The average molecular weight is 484 g/mol. The van der Waals surface area contributed by atoms with Crippen molar-refractivity contribution in [3.63, 3.8) is 0 Å². The van der Waals surface area contributed by atoms with E-state index in [9.17, 15) is 34.0 Å². The van der Waals surface area contributed by atoms with Gasteiger partial charge in [0.05, 0.1) is 19.5 Å². The van der Waals surface area contributed by atoms with Gasteiger partial charge in [-0.2, -0.15) is 0 Å². The molecular weight excluding hydrogens is 447 g/mol. The highest BCUT2D eigenvalue weighted by Gasteiger charge is 2.39. The maximum atomic E-state index is 13.0. The van der Waals surface area contributed by atoms with Crippen molar-refractivity contribution in [2.45, 2.75) is 83.9 Å². The minimum Gasteiger partial charge on any atom is -0.469 e. The molecule has 0 saturated carbocycles. The minimum absolute atomic E-state index is 0.116. The molecule has 0 aromatic heterocycles. The molecule has 1 heterocycles. The largest absolute Gasteiger partial charge is 0.475 e. The smallest absolute Gasteiger partial charge is 0.469 e. The van der Waals surface area contributed by atoms with Crippen molar-refractivity contribution in [2.24, 2.45) is 5.92 Å². The number of ether oxygens (including phenoxy) is 1. The Bertz CT molecular complexity index is 750. The van der Waals surface area contributed by atoms with Crippen molar-refractivity contribution in [2.75, 3.05) is 13.7 Å². The zero-order valence-electron chi connectivity index (χ0n) is 20.5. The molecular formula is C21H37BN4O8. The van der Waals surface area contributed by atoms with E-state index in [1.54, 1.807) is 6.92 Å². The lowest BCUT2D eigenvalue weighted by atomic mass is 9.71. The van der Waals surface area contributed by atoms with Crippen LogP contribution < -0.4 is 16.0 Å². The summed E-state index contributed by atoms with van der Waals surface area (Å²) in [5.74, 6) is -3.63. The van der Waals surface area contributed by atoms with Crippen LogP contribution >= 0.6 is 0 Å². The van der Waals surface area contributed by atoms with E-state index < -0.39 is 60.8 Å². The molecule has 0 aromatic carbocycles. The molecule has 192 valence electrons. The van der Waals surface area contributed by atoms with Gasteiger partial charge in [-0.15, -0.1) is 0 Å². The SMILES string of the molecule is CCC(C)C(NC(=O)C1CCCN1C(=O)C(C)NC(=O)C(C)NC(=O)CCC(=O)OC)B(O)O. The molecule has 5 unspecified atom stereocenters. The first-order chi connectivity index (χ1) is 15.9. The molecule has 1 aliphatic heterocycles. The third-order valence-corrected chi connectivity index (χ3v) is 6.01. The van der Waals surface area contributed by atoms with Gasteiger partial charge in [0.2, 0.25) is 23.6 Å². The summed E-state index contributed by atoms with van der Waals surface area (Å²) in [5, 5.41) is 26.9. The van der Waals surface area contributed by atoms with Crippen LogP contribution in [-0.2, 0) is 28.7 Å². The molecule has 0 radical (unpaired) electrons. The van der Waals surface area contributed by atoms with Crippen LogP contribution in [0.25, 0.3) is 0 Å². The first-order valence-corrected chi connectivity index (χ1v) is 11.6. The first kappa shape index (κ1) is 29.4. The lowest BCUT2D eigenvalue weighted by molar-refractivity contribution is -0.142. The van der Waals surface area contributed by atoms with Crippen LogP contribution in [0.1, 0.15) is 59.8 Å². The Labute approximate surface area is 200 Å². The molecule has 13 heteroatoms. The summed E-state index contributed by atoms with van der Waals surface area (Å²) in [7, 11) is -0.518. The normalized spacial score (nSPS) is 18.8. The molecule has 4 amide bonds. The molecule has 0 spiro atoms. The van der Waals surface area contributed by atoms with Crippen molar-refractivity contribution in [1.82, 2.24) is 20.9 Å². The fraction of sp³-hybridized carbons (Fsp3) is 0.762. The van der Waals surface area contributed by atoms with Crippen molar-refractivity contribution in [3.05, 3.63) is 0 Å². The first-order valence-electron chi connectivity index (χ1n) is 11.6. The van der Waals surface area contributed by atoms with Gasteiger partial charge < -0.3 is 35.6 Å². The summed E-state index contributed by atoms with van der Waals surface area (Å²) < 4.78 is 4.46. The highest BCUT2D eigenvalue weighted by atomic mass is 16.5. The summed E-state index contributed by atoms with van der Waals surface area (Å²) in [5.41, 5.74) is 0. The molecule has 5 N–H and O–H groups in total. The lowest BCUT2D eigenvalue weighted by Crippen LogP contribution is -2.58. The van der Waals surface area contributed by atoms with Crippen molar-refractivity contribution in [3.8, 4) is 0 Å². The summed E-state index contributed by atoms with van der Waals surface area (Å²) in [6, 6.07) is -2.68. The number of esters is 1. The van der Waals surface area contributed by atoms with Gasteiger partial charge in [-0.1, -0.05) is 20.3 Å². The fourth-order valence-electron chi connectivity index (χ4n) is 3.67. The molecule has 1 fully saturated rings. The topological polar surface area (TPSA) is 174 Å². The van der Waals surface area contributed by atoms with E-state index >= 15 is 0 Å². The van der Waals surface area contributed by atoms with Gasteiger partial charge in [0, 0.05) is 13.0 Å². The molecule has 0 aromatic rings. The highest BCUT2D eigenvalue weighted by molar-refractivity contribution is 6.43. The molecule has 34 heavy (non-hydrogen) atoms. The molecule has 0 aliphatic carbocycles. The van der Waals surface area contributed by atoms with Gasteiger partial charge in [0.25, 0.3) is 0 Å². The number of nitrogens with zero attached hydrogens (tertiary/aromatic N) is 1. The Balaban J connectivity index is 2.68. The van der Waals surface area contributed by atoms with Crippen LogP contribution in [0.15, 0.2) is 0 Å². The number of amides is 4. The molecule has 12 nitrogen and oxygen atoms in total. The van der Waals surface area contributed by atoms with Crippen LogP contribution in [-0.4, -0.2) is 89.4 Å². The number of hydrogen-bond donors (Lipinski definition) is 5. The van der Waals surface area contributed by atoms with Crippen molar-refractivity contribution in [1.29, 1.82) is 0 Å². The zero-order valence-corrected chi connectivity index (χ0v) is 20.5. The number of nitrogens with one attached hydrogen (secondary N) is 3. The van der Waals surface area contributed by atoms with Gasteiger partial charge in [-0.25, -0.2) is 0 Å². The van der Waals surface area contributed by atoms with Crippen molar-refractivity contribution < 1.29 is 38.8 Å². The molecule has 5 atom stereocenters. The van der Waals surface area contributed by atoms with Gasteiger partial charge in [-0.05, 0) is 32.6 Å². The monoisotopic (exact) mass is 484 g/mol. The van der Waals surface area contributed by atoms with Gasteiger partial charge >= 0.3 is 13.1 Å². The quantitative estimate of drug-likeness (QED) is 0.164. The van der Waals surface area contributed by atoms with Gasteiger partial charge in [0.15, 0.2) is 0 Å². The third-order valence-electron chi connectivity index (χ3n) is 6.01. The van der Waals surface area contributed by atoms with E-state index in [0.717, 1.165) is 0 Å².